The quantitative estimate of drug-likeness (QED) is 0.626. The molecule has 2 heterocycles. The van der Waals surface area contributed by atoms with Gasteiger partial charge in [-0.1, -0.05) is 18.2 Å². The van der Waals surface area contributed by atoms with E-state index < -0.39 is 0 Å². The van der Waals surface area contributed by atoms with E-state index in [9.17, 15) is 0 Å². The van der Waals surface area contributed by atoms with Gasteiger partial charge >= 0.3 is 0 Å². The van der Waals surface area contributed by atoms with E-state index in [1.165, 1.54) is 0 Å². The summed E-state index contributed by atoms with van der Waals surface area (Å²) in [5.41, 5.74) is 4.20. The van der Waals surface area contributed by atoms with Crippen LogP contribution in [0.4, 0.5) is 0 Å². The van der Waals surface area contributed by atoms with Gasteiger partial charge in [0.2, 0.25) is 0 Å². The summed E-state index contributed by atoms with van der Waals surface area (Å²) in [5.74, 6) is 0. The monoisotopic (exact) mass is 220 g/mol. The molecule has 0 aliphatic heterocycles. The third kappa shape index (κ3) is 1.89. The molecule has 0 amide bonds. The number of pyridine rings is 2. The Kier molecular flexibility index (Phi) is 2.33. The van der Waals surface area contributed by atoms with E-state index in [0.29, 0.717) is 0 Å². The second kappa shape index (κ2) is 3.98. The highest BCUT2D eigenvalue weighted by Crippen LogP contribution is 2.21. The second-order valence-corrected chi connectivity index (χ2v) is 4.08. The summed E-state index contributed by atoms with van der Waals surface area (Å²) in [5, 5.41) is 1.15. The van der Waals surface area contributed by atoms with E-state index in [1.54, 1.807) is 0 Å². The van der Waals surface area contributed by atoms with Crippen LogP contribution in [0.25, 0.3) is 22.2 Å². The first-order valence-electron chi connectivity index (χ1n) is 5.62. The molecule has 0 fully saturated rings. The topological polar surface area (TPSA) is 25.8 Å². The SMILES string of the molecule is Cc1ccc2cc(-c3ccccn3)ccc2n1. The van der Waals surface area contributed by atoms with Gasteiger partial charge in [0.25, 0.3) is 0 Å². The molecule has 0 N–H and O–H groups in total. The lowest BCUT2D eigenvalue weighted by molar-refractivity contribution is 1.25. The molecule has 0 unspecified atom stereocenters. The molecule has 0 aliphatic rings. The van der Waals surface area contributed by atoms with E-state index in [1.807, 2.05) is 43.5 Å². The highest BCUT2D eigenvalue weighted by atomic mass is 14.7. The first kappa shape index (κ1) is 9.97. The van der Waals surface area contributed by atoms with Crippen molar-refractivity contribution in [3.63, 3.8) is 0 Å². The number of aromatic nitrogens is 2. The molecule has 17 heavy (non-hydrogen) atoms. The molecule has 2 aromatic heterocycles. The number of aryl methyl sites for hydroxylation is 1. The zero-order valence-electron chi connectivity index (χ0n) is 9.59. The maximum absolute atomic E-state index is 4.49. The van der Waals surface area contributed by atoms with Crippen LogP contribution in [-0.4, -0.2) is 9.97 Å². The van der Waals surface area contributed by atoms with E-state index >= 15 is 0 Å². The van der Waals surface area contributed by atoms with Crippen LogP contribution in [0.15, 0.2) is 54.7 Å². The van der Waals surface area contributed by atoms with Crippen molar-refractivity contribution < 1.29 is 0 Å². The van der Waals surface area contributed by atoms with Gasteiger partial charge in [0.15, 0.2) is 0 Å². The summed E-state index contributed by atoms with van der Waals surface area (Å²) in [6.07, 6.45) is 1.81. The van der Waals surface area contributed by atoms with Crippen molar-refractivity contribution in [2.75, 3.05) is 0 Å². The van der Waals surface area contributed by atoms with Crippen LogP contribution in [0.2, 0.25) is 0 Å². The fourth-order valence-corrected chi connectivity index (χ4v) is 1.92. The van der Waals surface area contributed by atoms with Gasteiger partial charge in [0, 0.05) is 22.8 Å². The number of benzene rings is 1. The summed E-state index contributed by atoms with van der Waals surface area (Å²) in [7, 11) is 0. The summed E-state index contributed by atoms with van der Waals surface area (Å²) < 4.78 is 0. The van der Waals surface area contributed by atoms with Crippen molar-refractivity contribution in [3.05, 3.63) is 60.4 Å². The van der Waals surface area contributed by atoms with E-state index in [-0.39, 0.29) is 0 Å². The van der Waals surface area contributed by atoms with Crippen LogP contribution in [0.5, 0.6) is 0 Å². The van der Waals surface area contributed by atoms with Crippen LogP contribution >= 0.6 is 0 Å². The van der Waals surface area contributed by atoms with E-state index in [0.717, 1.165) is 27.9 Å². The molecule has 0 radical (unpaired) electrons. The van der Waals surface area contributed by atoms with Crippen molar-refractivity contribution in [3.8, 4) is 11.3 Å². The van der Waals surface area contributed by atoms with E-state index in [4.69, 9.17) is 0 Å². The highest BCUT2D eigenvalue weighted by molar-refractivity contribution is 5.83. The molecule has 82 valence electrons. The number of fused-ring (bicyclic) bond motifs is 1. The summed E-state index contributed by atoms with van der Waals surface area (Å²) in [6.45, 7) is 2.01. The summed E-state index contributed by atoms with van der Waals surface area (Å²) in [6, 6.07) is 16.3. The van der Waals surface area contributed by atoms with Crippen LogP contribution in [-0.2, 0) is 0 Å². The zero-order chi connectivity index (χ0) is 11.7. The predicted molar refractivity (Wildman–Crippen MR) is 69.7 cm³/mol. The molecule has 1 aromatic carbocycles. The lowest BCUT2D eigenvalue weighted by Crippen LogP contribution is -1.85. The maximum atomic E-state index is 4.49. The zero-order valence-corrected chi connectivity index (χ0v) is 9.59. The summed E-state index contributed by atoms with van der Waals surface area (Å²) >= 11 is 0. The summed E-state index contributed by atoms with van der Waals surface area (Å²) in [4.78, 5) is 8.84. The minimum Gasteiger partial charge on any atom is -0.256 e. The molecule has 2 nitrogen and oxygen atoms in total. The number of hydrogen-bond donors (Lipinski definition) is 0. The average Bonchev–Trinajstić information content (AvgIpc) is 2.39. The Labute approximate surface area is 100.0 Å². The Morgan fingerprint density at radius 1 is 0.941 bits per heavy atom. The predicted octanol–water partition coefficient (Wildman–Crippen LogP) is 3.61. The molecule has 2 heteroatoms. The smallest absolute Gasteiger partial charge is 0.0705 e. The highest BCUT2D eigenvalue weighted by Gasteiger charge is 2.01. The molecule has 3 aromatic rings. The van der Waals surface area contributed by atoms with Crippen molar-refractivity contribution in [1.29, 1.82) is 0 Å². The lowest BCUT2D eigenvalue weighted by atomic mass is 10.1. The molecular weight excluding hydrogens is 208 g/mol. The van der Waals surface area contributed by atoms with Crippen molar-refractivity contribution >= 4 is 10.9 Å². The van der Waals surface area contributed by atoms with Gasteiger partial charge < -0.3 is 0 Å². The number of rotatable bonds is 1. The van der Waals surface area contributed by atoms with Gasteiger partial charge in [0.1, 0.15) is 0 Å². The molecule has 0 atom stereocenters. The lowest BCUT2D eigenvalue weighted by Gasteiger charge is -2.03. The van der Waals surface area contributed by atoms with Gasteiger partial charge in [-0.15, -0.1) is 0 Å². The van der Waals surface area contributed by atoms with Gasteiger partial charge in [-0.3, -0.25) is 9.97 Å². The van der Waals surface area contributed by atoms with Crippen LogP contribution in [0.3, 0.4) is 0 Å². The molecule has 0 aliphatic carbocycles. The third-order valence-electron chi connectivity index (χ3n) is 2.79. The Hall–Kier alpha value is -2.22. The Balaban J connectivity index is 2.17. The fourth-order valence-electron chi connectivity index (χ4n) is 1.92. The van der Waals surface area contributed by atoms with Gasteiger partial charge in [-0.25, -0.2) is 0 Å². The molecule has 3 rings (SSSR count). The van der Waals surface area contributed by atoms with Crippen molar-refractivity contribution in [2.45, 2.75) is 6.92 Å². The largest absolute Gasteiger partial charge is 0.256 e. The first-order valence-corrected chi connectivity index (χ1v) is 5.62. The number of hydrogen-bond acceptors (Lipinski definition) is 2. The fraction of sp³-hybridized carbons (Fsp3) is 0.0667. The molecule has 0 bridgehead atoms. The second-order valence-electron chi connectivity index (χ2n) is 4.08. The molecular formula is C15H12N2. The number of nitrogens with zero attached hydrogens (tertiary/aromatic N) is 2. The molecule has 0 saturated heterocycles. The molecule has 0 saturated carbocycles. The van der Waals surface area contributed by atoms with Crippen molar-refractivity contribution in [2.24, 2.45) is 0 Å². The third-order valence-corrected chi connectivity index (χ3v) is 2.79. The Bertz CT molecular complexity index is 660. The average molecular weight is 220 g/mol. The standard InChI is InChI=1S/C15H12N2/c1-11-5-6-13-10-12(7-8-15(13)17-11)14-4-2-3-9-16-14/h2-10H,1H3. The normalized spacial score (nSPS) is 10.6. The van der Waals surface area contributed by atoms with Gasteiger partial charge in [-0.05, 0) is 37.3 Å². The van der Waals surface area contributed by atoms with Gasteiger partial charge in [0.05, 0.1) is 11.2 Å². The van der Waals surface area contributed by atoms with Crippen LogP contribution in [0, 0.1) is 6.92 Å². The maximum Gasteiger partial charge on any atom is 0.0705 e. The van der Waals surface area contributed by atoms with Gasteiger partial charge in [-0.2, -0.15) is 0 Å². The first-order chi connectivity index (χ1) is 8.33. The minimum atomic E-state index is 0.995. The van der Waals surface area contributed by atoms with E-state index in [2.05, 4.69) is 28.2 Å². The Morgan fingerprint density at radius 2 is 1.88 bits per heavy atom. The van der Waals surface area contributed by atoms with Crippen molar-refractivity contribution in [1.82, 2.24) is 9.97 Å². The van der Waals surface area contributed by atoms with Crippen LogP contribution in [0.1, 0.15) is 5.69 Å². The molecule has 0 spiro atoms. The minimum absolute atomic E-state index is 0.995. The van der Waals surface area contributed by atoms with Crippen LogP contribution < -0.4 is 0 Å². The Morgan fingerprint density at radius 3 is 2.71 bits per heavy atom.